The third-order valence-corrected chi connectivity index (χ3v) is 3.02. The van der Waals surface area contributed by atoms with Gasteiger partial charge in [0.1, 0.15) is 0 Å². The van der Waals surface area contributed by atoms with E-state index in [0.29, 0.717) is 13.0 Å². The van der Waals surface area contributed by atoms with E-state index in [9.17, 15) is 13.6 Å². The van der Waals surface area contributed by atoms with Crippen molar-refractivity contribution in [3.8, 4) is 0 Å². The van der Waals surface area contributed by atoms with E-state index in [1.54, 1.807) is 6.08 Å². The Morgan fingerprint density at radius 1 is 1.44 bits per heavy atom. The summed E-state index contributed by atoms with van der Waals surface area (Å²) in [5.74, 6) is -1.81. The second-order valence-electron chi connectivity index (χ2n) is 4.19. The van der Waals surface area contributed by atoms with E-state index in [-0.39, 0.29) is 11.6 Å². The second kappa shape index (κ2) is 5.16. The predicted molar refractivity (Wildman–Crippen MR) is 63.1 cm³/mol. The normalized spacial score (nSPS) is 19.7. The topological polar surface area (TPSA) is 40.5 Å². The lowest BCUT2D eigenvalue weighted by Crippen LogP contribution is -2.32. The minimum atomic E-state index is -0.984. The number of benzene rings is 1. The van der Waals surface area contributed by atoms with Gasteiger partial charge in [-0.2, -0.15) is 0 Å². The van der Waals surface area contributed by atoms with E-state index in [1.807, 2.05) is 0 Å². The first-order valence-electron chi connectivity index (χ1n) is 5.71. The van der Waals surface area contributed by atoms with E-state index in [4.69, 9.17) is 5.11 Å². The van der Waals surface area contributed by atoms with Crippen molar-refractivity contribution in [3.63, 3.8) is 0 Å². The summed E-state index contributed by atoms with van der Waals surface area (Å²) in [5, 5.41) is 8.94. The molecule has 1 aromatic carbocycles. The van der Waals surface area contributed by atoms with E-state index >= 15 is 0 Å². The average Bonchev–Trinajstić information content (AvgIpc) is 2.79. The molecule has 0 spiro atoms. The zero-order valence-electron chi connectivity index (χ0n) is 9.64. The van der Waals surface area contributed by atoms with Crippen LogP contribution in [0.15, 0.2) is 24.3 Å². The van der Waals surface area contributed by atoms with Crippen LogP contribution in [0.5, 0.6) is 0 Å². The minimum Gasteiger partial charge on any atom is -0.465 e. The molecule has 1 saturated heterocycles. The number of carboxylic acid groups (broad SMARTS) is 1. The van der Waals surface area contributed by atoms with Crippen LogP contribution in [0, 0.1) is 11.6 Å². The molecule has 1 heterocycles. The molecular weight excluding hydrogens is 240 g/mol. The molecule has 1 aromatic rings. The lowest BCUT2D eigenvalue weighted by molar-refractivity contribution is 0.147. The maximum Gasteiger partial charge on any atom is 0.407 e. The fourth-order valence-electron chi connectivity index (χ4n) is 2.09. The quantitative estimate of drug-likeness (QED) is 0.879. The fourth-order valence-corrected chi connectivity index (χ4v) is 2.09. The van der Waals surface area contributed by atoms with E-state index < -0.39 is 17.7 Å². The Kier molecular flexibility index (Phi) is 3.60. The number of amides is 1. The van der Waals surface area contributed by atoms with Gasteiger partial charge in [-0.1, -0.05) is 24.3 Å². The highest BCUT2D eigenvalue weighted by Gasteiger charge is 2.26. The summed E-state index contributed by atoms with van der Waals surface area (Å²) in [7, 11) is 0. The molecule has 5 heteroatoms. The summed E-state index contributed by atoms with van der Waals surface area (Å²) in [6, 6.07) is 3.66. The van der Waals surface area contributed by atoms with Gasteiger partial charge in [0.05, 0.1) is 6.04 Å². The molecule has 0 radical (unpaired) electrons. The second-order valence-corrected chi connectivity index (χ2v) is 4.19. The van der Waals surface area contributed by atoms with Crippen LogP contribution < -0.4 is 0 Å². The summed E-state index contributed by atoms with van der Waals surface area (Å²) >= 11 is 0. The molecule has 2 rings (SSSR count). The Balaban J connectivity index is 2.15. The molecule has 1 atom stereocenters. The van der Waals surface area contributed by atoms with Gasteiger partial charge in [-0.15, -0.1) is 0 Å². The molecular formula is C13H13F2NO2. The minimum absolute atomic E-state index is 0.132. The molecule has 96 valence electrons. The van der Waals surface area contributed by atoms with Crippen molar-refractivity contribution in [2.75, 3.05) is 6.54 Å². The number of rotatable bonds is 2. The van der Waals surface area contributed by atoms with Gasteiger partial charge in [-0.05, 0) is 18.9 Å². The largest absolute Gasteiger partial charge is 0.465 e. The van der Waals surface area contributed by atoms with Crippen molar-refractivity contribution < 1.29 is 18.7 Å². The van der Waals surface area contributed by atoms with Crippen molar-refractivity contribution >= 4 is 12.2 Å². The van der Waals surface area contributed by atoms with Crippen molar-refractivity contribution in [2.24, 2.45) is 0 Å². The molecule has 1 aliphatic heterocycles. The van der Waals surface area contributed by atoms with Crippen molar-refractivity contribution in [1.82, 2.24) is 4.90 Å². The monoisotopic (exact) mass is 253 g/mol. The van der Waals surface area contributed by atoms with Crippen LogP contribution in [-0.4, -0.2) is 28.7 Å². The number of nitrogens with zero attached hydrogens (tertiary/aromatic N) is 1. The predicted octanol–water partition coefficient (Wildman–Crippen LogP) is 3.12. The number of hydrogen-bond donors (Lipinski definition) is 1. The van der Waals surface area contributed by atoms with Crippen LogP contribution in [0.1, 0.15) is 18.4 Å². The number of halogens is 2. The highest BCUT2D eigenvalue weighted by atomic mass is 19.2. The highest BCUT2D eigenvalue weighted by Crippen LogP contribution is 2.20. The van der Waals surface area contributed by atoms with Crippen LogP contribution in [0.3, 0.4) is 0 Å². The van der Waals surface area contributed by atoms with Crippen molar-refractivity contribution in [3.05, 3.63) is 41.5 Å². The molecule has 1 amide bonds. The van der Waals surface area contributed by atoms with Gasteiger partial charge in [0.2, 0.25) is 0 Å². The summed E-state index contributed by atoms with van der Waals surface area (Å²) in [5.41, 5.74) is 0.132. The van der Waals surface area contributed by atoms with E-state index in [2.05, 4.69) is 0 Å². The molecule has 1 N–H and O–H groups in total. The van der Waals surface area contributed by atoms with Crippen LogP contribution >= 0.6 is 0 Å². The fraction of sp³-hybridized carbons (Fsp3) is 0.308. The summed E-state index contributed by atoms with van der Waals surface area (Å²) < 4.78 is 26.3. The van der Waals surface area contributed by atoms with Crippen LogP contribution in [0.2, 0.25) is 0 Å². The molecule has 0 aliphatic carbocycles. The van der Waals surface area contributed by atoms with Gasteiger partial charge < -0.3 is 10.0 Å². The summed E-state index contributed by atoms with van der Waals surface area (Å²) in [6.45, 7) is 0.482. The SMILES string of the molecule is O=C(O)N1CCCC1/C=C/c1cccc(F)c1F. The van der Waals surface area contributed by atoms with Crippen molar-refractivity contribution in [2.45, 2.75) is 18.9 Å². The van der Waals surface area contributed by atoms with Gasteiger partial charge in [-0.3, -0.25) is 0 Å². The Morgan fingerprint density at radius 3 is 2.94 bits per heavy atom. The van der Waals surface area contributed by atoms with Gasteiger partial charge in [0.25, 0.3) is 0 Å². The maximum atomic E-state index is 13.4. The first-order valence-corrected chi connectivity index (χ1v) is 5.71. The van der Waals surface area contributed by atoms with E-state index in [0.717, 1.165) is 12.5 Å². The first-order chi connectivity index (χ1) is 8.59. The molecule has 0 bridgehead atoms. The number of hydrogen-bond acceptors (Lipinski definition) is 1. The summed E-state index contributed by atoms with van der Waals surface area (Å²) in [4.78, 5) is 12.2. The zero-order chi connectivity index (χ0) is 13.1. The molecule has 1 fully saturated rings. The molecule has 18 heavy (non-hydrogen) atoms. The van der Waals surface area contributed by atoms with Crippen LogP contribution in [0.4, 0.5) is 13.6 Å². The van der Waals surface area contributed by atoms with Crippen molar-refractivity contribution in [1.29, 1.82) is 0 Å². The smallest absolute Gasteiger partial charge is 0.407 e. The maximum absolute atomic E-state index is 13.4. The molecule has 0 saturated carbocycles. The standard InChI is InChI=1S/C13H13F2NO2/c14-11-5-1-3-9(12(11)15)6-7-10-4-2-8-16(10)13(17)18/h1,3,5-7,10H,2,4,8H2,(H,17,18)/b7-6+. The Bertz CT molecular complexity index is 488. The third kappa shape index (κ3) is 2.50. The van der Waals surface area contributed by atoms with Gasteiger partial charge in [0.15, 0.2) is 11.6 Å². The van der Waals surface area contributed by atoms with Crippen LogP contribution in [0.25, 0.3) is 6.08 Å². The van der Waals surface area contributed by atoms with Crippen LogP contribution in [-0.2, 0) is 0 Å². The first kappa shape index (κ1) is 12.5. The lowest BCUT2D eigenvalue weighted by atomic mass is 10.1. The molecule has 0 aromatic heterocycles. The van der Waals surface area contributed by atoms with Gasteiger partial charge >= 0.3 is 6.09 Å². The highest BCUT2D eigenvalue weighted by molar-refractivity contribution is 5.66. The average molecular weight is 253 g/mol. The number of carbonyl (C=O) groups is 1. The molecule has 1 aliphatic rings. The molecule has 1 unspecified atom stereocenters. The Morgan fingerprint density at radius 2 is 2.22 bits per heavy atom. The zero-order valence-corrected chi connectivity index (χ0v) is 9.64. The summed E-state index contributed by atoms with van der Waals surface area (Å²) in [6.07, 6.45) is 3.55. The Hall–Kier alpha value is -1.91. The molecule has 3 nitrogen and oxygen atoms in total. The Labute approximate surface area is 103 Å². The number of likely N-dealkylation sites (tertiary alicyclic amines) is 1. The third-order valence-electron chi connectivity index (χ3n) is 3.02. The van der Waals surface area contributed by atoms with Gasteiger partial charge in [-0.25, -0.2) is 13.6 Å². The van der Waals surface area contributed by atoms with E-state index in [1.165, 1.54) is 23.1 Å². The van der Waals surface area contributed by atoms with Gasteiger partial charge in [0, 0.05) is 12.1 Å². The lowest BCUT2D eigenvalue weighted by Gasteiger charge is -2.17.